The number of aromatic nitrogens is 2. The Labute approximate surface area is 223 Å². The van der Waals surface area contributed by atoms with Crippen molar-refractivity contribution in [2.24, 2.45) is 0 Å². The first-order valence-corrected chi connectivity index (χ1v) is 12.1. The van der Waals surface area contributed by atoms with Crippen molar-refractivity contribution in [3.63, 3.8) is 0 Å². The highest BCUT2D eigenvalue weighted by atomic mass is 19.3. The van der Waals surface area contributed by atoms with Crippen LogP contribution in [0.25, 0.3) is 0 Å². The highest BCUT2D eigenvalue weighted by molar-refractivity contribution is 5.47. The van der Waals surface area contributed by atoms with E-state index in [1.807, 2.05) is 24.3 Å². The zero-order chi connectivity index (χ0) is 27.9. The van der Waals surface area contributed by atoms with Crippen LogP contribution in [0.1, 0.15) is 47.9 Å². The fourth-order valence-electron chi connectivity index (χ4n) is 4.07. The van der Waals surface area contributed by atoms with E-state index in [9.17, 15) is 22.8 Å². The van der Waals surface area contributed by atoms with E-state index in [0.717, 1.165) is 11.6 Å². The van der Waals surface area contributed by atoms with E-state index in [2.05, 4.69) is 28.3 Å². The van der Waals surface area contributed by atoms with Crippen LogP contribution < -0.4 is 18.9 Å². The predicted molar refractivity (Wildman–Crippen MR) is 135 cm³/mol. The molecule has 10 heteroatoms. The van der Waals surface area contributed by atoms with Gasteiger partial charge in [0.1, 0.15) is 5.75 Å². The second-order valence-electron chi connectivity index (χ2n) is 9.04. The normalized spacial score (nSPS) is 12.1. The maximum absolute atomic E-state index is 13.0. The molecule has 0 radical (unpaired) electrons. The van der Waals surface area contributed by atoms with Gasteiger partial charge in [-0.2, -0.15) is 22.3 Å². The molecule has 2 heterocycles. The zero-order valence-corrected chi connectivity index (χ0v) is 21.1. The number of benzene rings is 2. The minimum atomic E-state index is -3.24. The Morgan fingerprint density at radius 1 is 0.769 bits per heavy atom. The van der Waals surface area contributed by atoms with Crippen molar-refractivity contribution >= 4 is 0 Å². The largest absolute Gasteiger partial charge is 0.619 e. The molecule has 4 rings (SSSR count). The minimum Gasteiger partial charge on any atom is -0.619 e. The number of rotatable bonds is 11. The molecular weight excluding hydrogens is 516 g/mol. The number of hydrogen-bond acceptors (Lipinski definition) is 5. The van der Waals surface area contributed by atoms with Crippen molar-refractivity contribution in [2.75, 3.05) is 0 Å². The summed E-state index contributed by atoms with van der Waals surface area (Å²) in [4.78, 5) is 4.41. The fourth-order valence-corrected chi connectivity index (χ4v) is 4.07. The van der Waals surface area contributed by atoms with E-state index in [1.54, 1.807) is 30.5 Å². The van der Waals surface area contributed by atoms with Gasteiger partial charge in [0.25, 0.3) is 0 Å². The topological polar surface area (TPSA) is 67.5 Å². The third-order valence-corrected chi connectivity index (χ3v) is 6.04. The summed E-state index contributed by atoms with van der Waals surface area (Å²) in [6.45, 7) is -2.26. The van der Waals surface area contributed by atoms with Gasteiger partial charge >= 0.3 is 13.2 Å². The molecule has 39 heavy (non-hydrogen) atoms. The third kappa shape index (κ3) is 7.59. The molecule has 2 aromatic carbocycles. The van der Waals surface area contributed by atoms with Crippen molar-refractivity contribution in [1.82, 2.24) is 4.98 Å². The molecular formula is C29H26F4N2O4. The summed E-state index contributed by atoms with van der Waals surface area (Å²) in [5.41, 5.74) is 3.15. The molecule has 0 bridgehead atoms. The summed E-state index contributed by atoms with van der Waals surface area (Å²) < 4.78 is 67.1. The van der Waals surface area contributed by atoms with Crippen LogP contribution in [-0.2, 0) is 6.42 Å². The average molecular weight is 543 g/mol. The molecule has 0 saturated heterocycles. The van der Waals surface area contributed by atoms with Gasteiger partial charge in [0.2, 0.25) is 5.88 Å². The number of ether oxygens (including phenoxy) is 3. The molecule has 0 spiro atoms. The summed E-state index contributed by atoms with van der Waals surface area (Å²) in [6, 6.07) is 18.3. The van der Waals surface area contributed by atoms with Crippen molar-refractivity contribution in [3.8, 4) is 23.1 Å². The molecule has 1 unspecified atom stereocenters. The first-order chi connectivity index (χ1) is 18.7. The van der Waals surface area contributed by atoms with E-state index in [1.165, 1.54) is 30.1 Å². The number of nitrogens with zero attached hydrogens (tertiary/aromatic N) is 2. The quantitative estimate of drug-likeness (QED) is 0.114. The first-order valence-electron chi connectivity index (χ1n) is 12.1. The highest BCUT2D eigenvalue weighted by Gasteiger charge is 2.21. The van der Waals surface area contributed by atoms with Crippen LogP contribution in [0.5, 0.6) is 23.1 Å². The van der Waals surface area contributed by atoms with Gasteiger partial charge in [0.05, 0.1) is 0 Å². The van der Waals surface area contributed by atoms with Gasteiger partial charge in [-0.05, 0) is 58.9 Å². The molecule has 204 valence electrons. The molecule has 0 N–H and O–H groups in total. The van der Waals surface area contributed by atoms with Crippen LogP contribution in [0.3, 0.4) is 0 Å². The lowest BCUT2D eigenvalue weighted by molar-refractivity contribution is -0.605. The van der Waals surface area contributed by atoms with Gasteiger partial charge in [-0.3, -0.25) is 0 Å². The Kier molecular flexibility index (Phi) is 8.85. The average Bonchev–Trinajstić information content (AvgIpc) is 2.90. The van der Waals surface area contributed by atoms with E-state index in [4.69, 9.17) is 4.74 Å². The molecule has 0 fully saturated rings. The summed E-state index contributed by atoms with van der Waals surface area (Å²) in [5.74, 6) is -0.125. The lowest BCUT2D eigenvalue weighted by atomic mass is 9.87. The van der Waals surface area contributed by atoms with E-state index in [-0.39, 0.29) is 0 Å². The van der Waals surface area contributed by atoms with Gasteiger partial charge in [0.15, 0.2) is 23.9 Å². The smallest absolute Gasteiger partial charge is 0.387 e. The summed E-state index contributed by atoms with van der Waals surface area (Å²) >= 11 is 0. The van der Waals surface area contributed by atoms with Crippen molar-refractivity contribution < 1.29 is 36.5 Å². The SMILES string of the molecule is CC(C)c1ccc(Oc2ccc(C(Cc3cc[n+]([O-])cc3)c3ccc(OC(F)F)c(OC(F)F)c3)cn2)cc1. The second kappa shape index (κ2) is 12.5. The van der Waals surface area contributed by atoms with Crippen molar-refractivity contribution in [2.45, 2.75) is 45.3 Å². The van der Waals surface area contributed by atoms with Gasteiger partial charge in [-0.1, -0.05) is 38.1 Å². The maximum atomic E-state index is 13.0. The lowest BCUT2D eigenvalue weighted by Crippen LogP contribution is -2.24. The predicted octanol–water partition coefficient (Wildman–Crippen LogP) is 7.21. The van der Waals surface area contributed by atoms with Crippen LogP contribution in [0.2, 0.25) is 0 Å². The van der Waals surface area contributed by atoms with Gasteiger partial charge in [-0.15, -0.1) is 0 Å². The Balaban J connectivity index is 1.65. The first kappa shape index (κ1) is 27.7. The molecule has 2 aromatic heterocycles. The van der Waals surface area contributed by atoms with Crippen molar-refractivity contribution in [3.05, 3.63) is 113 Å². The molecule has 0 aliphatic carbocycles. The Hall–Kier alpha value is -4.34. The zero-order valence-electron chi connectivity index (χ0n) is 21.1. The molecule has 4 aromatic rings. The Bertz CT molecular complexity index is 1350. The molecule has 0 saturated carbocycles. The third-order valence-electron chi connectivity index (χ3n) is 6.04. The van der Waals surface area contributed by atoms with E-state index in [0.29, 0.717) is 39.8 Å². The fraction of sp³-hybridized carbons (Fsp3) is 0.241. The number of halogens is 4. The summed E-state index contributed by atoms with van der Waals surface area (Å²) in [6.07, 6.45) is 4.63. The van der Waals surface area contributed by atoms with Crippen LogP contribution in [-0.4, -0.2) is 18.2 Å². The molecule has 0 aliphatic heterocycles. The van der Waals surface area contributed by atoms with Gasteiger partial charge in [-0.25, -0.2) is 4.98 Å². The Morgan fingerprint density at radius 3 is 1.97 bits per heavy atom. The van der Waals surface area contributed by atoms with Gasteiger partial charge < -0.3 is 19.4 Å². The van der Waals surface area contributed by atoms with Crippen molar-refractivity contribution in [1.29, 1.82) is 0 Å². The standard InChI is InChI=1S/C29H26F4N2O4/c1-18(2)20-3-7-23(8-4-20)37-27-10-6-22(17-34-27)24(15-19-11-13-35(36)14-12-19)21-5-9-25(38-28(30)31)26(16-21)39-29(32)33/h3-14,16-18,24,28-29H,15H2,1-2H3. The van der Waals surface area contributed by atoms with E-state index >= 15 is 0 Å². The van der Waals surface area contributed by atoms with Gasteiger partial charge in [0, 0.05) is 30.3 Å². The molecule has 0 aliphatic rings. The minimum absolute atomic E-state index is 0.350. The summed E-state index contributed by atoms with van der Waals surface area (Å²) in [5, 5.41) is 11.5. The number of hydrogen-bond donors (Lipinski definition) is 0. The summed E-state index contributed by atoms with van der Waals surface area (Å²) in [7, 11) is 0. The molecule has 6 nitrogen and oxygen atoms in total. The molecule has 1 atom stereocenters. The van der Waals surface area contributed by atoms with Crippen LogP contribution in [0.4, 0.5) is 17.6 Å². The number of alkyl halides is 4. The number of pyridine rings is 2. The Morgan fingerprint density at radius 2 is 1.38 bits per heavy atom. The van der Waals surface area contributed by atoms with Crippen LogP contribution in [0, 0.1) is 5.21 Å². The molecule has 0 amide bonds. The second-order valence-corrected chi connectivity index (χ2v) is 9.04. The lowest BCUT2D eigenvalue weighted by Gasteiger charge is -2.20. The highest BCUT2D eigenvalue weighted by Crippen LogP contribution is 2.37. The maximum Gasteiger partial charge on any atom is 0.387 e. The van der Waals surface area contributed by atoms with Crippen LogP contribution >= 0.6 is 0 Å². The van der Waals surface area contributed by atoms with Crippen LogP contribution in [0.15, 0.2) is 85.3 Å². The van der Waals surface area contributed by atoms with E-state index < -0.39 is 30.6 Å². The monoisotopic (exact) mass is 542 g/mol.